The molecule has 0 bridgehead atoms. The molecule has 0 aromatic rings. The molecule has 1 unspecified atom stereocenters. The molecule has 7 heteroatoms. The van der Waals surface area contributed by atoms with Crippen LogP contribution in [-0.2, 0) is 14.9 Å². The van der Waals surface area contributed by atoms with Crippen molar-refractivity contribution in [3.63, 3.8) is 0 Å². The Balaban J connectivity index is 1.93. The van der Waals surface area contributed by atoms with E-state index in [0.717, 1.165) is 25.7 Å². The second-order valence-electron chi connectivity index (χ2n) is 5.85. The summed E-state index contributed by atoms with van der Waals surface area (Å²) in [5, 5.41) is 9.23. The number of aliphatic hydroxyl groups excluding tert-OH is 1. The van der Waals surface area contributed by atoms with Gasteiger partial charge in [-0.05, 0) is 37.5 Å². The molecule has 0 aromatic heterocycles. The third-order valence-corrected chi connectivity index (χ3v) is 6.37. The summed E-state index contributed by atoms with van der Waals surface area (Å²) in [5.74, 6) is 0.558. The lowest BCUT2D eigenvalue weighted by Crippen LogP contribution is -2.50. The van der Waals surface area contributed by atoms with Crippen molar-refractivity contribution < 1.29 is 18.3 Å². The normalized spacial score (nSPS) is 27.8. The van der Waals surface area contributed by atoms with Crippen molar-refractivity contribution in [3.05, 3.63) is 0 Å². The molecule has 118 valence electrons. The van der Waals surface area contributed by atoms with E-state index in [1.165, 1.54) is 0 Å². The average Bonchev–Trinajstić information content (AvgIpc) is 2.48. The molecule has 2 heterocycles. The molecule has 0 radical (unpaired) electrons. The number of aliphatic hydroxyl groups is 1. The predicted molar refractivity (Wildman–Crippen MR) is 76.5 cm³/mol. The monoisotopic (exact) mass is 306 g/mol. The van der Waals surface area contributed by atoms with Crippen molar-refractivity contribution in [2.75, 3.05) is 46.5 Å². The van der Waals surface area contributed by atoms with Gasteiger partial charge in [0, 0.05) is 46.5 Å². The fourth-order valence-corrected chi connectivity index (χ4v) is 4.85. The Morgan fingerprint density at radius 2 is 1.80 bits per heavy atom. The summed E-state index contributed by atoms with van der Waals surface area (Å²) in [5.41, 5.74) is 0. The molecule has 2 saturated heterocycles. The molecule has 0 spiro atoms. The van der Waals surface area contributed by atoms with Crippen LogP contribution in [0.4, 0.5) is 0 Å². The van der Waals surface area contributed by atoms with Crippen LogP contribution < -0.4 is 0 Å². The van der Waals surface area contributed by atoms with Crippen LogP contribution in [0.5, 0.6) is 0 Å². The molecule has 20 heavy (non-hydrogen) atoms. The topological polar surface area (TPSA) is 70.1 Å². The Kier molecular flexibility index (Phi) is 5.80. The van der Waals surface area contributed by atoms with Crippen molar-refractivity contribution in [2.24, 2.45) is 11.8 Å². The van der Waals surface area contributed by atoms with E-state index in [2.05, 4.69) is 0 Å². The molecule has 1 N–H and O–H groups in total. The van der Waals surface area contributed by atoms with E-state index >= 15 is 0 Å². The Morgan fingerprint density at radius 1 is 1.10 bits per heavy atom. The van der Waals surface area contributed by atoms with Crippen LogP contribution in [0.1, 0.15) is 25.7 Å². The number of nitrogens with zero attached hydrogens (tertiary/aromatic N) is 2. The highest BCUT2D eigenvalue weighted by atomic mass is 32.2. The molecule has 0 aliphatic carbocycles. The summed E-state index contributed by atoms with van der Waals surface area (Å²) in [7, 11) is -1.67. The van der Waals surface area contributed by atoms with E-state index in [9.17, 15) is 13.5 Å². The minimum absolute atomic E-state index is 0.0714. The zero-order chi connectivity index (χ0) is 14.6. The molecule has 0 amide bonds. The number of hydrogen-bond acceptors (Lipinski definition) is 4. The minimum Gasteiger partial charge on any atom is -0.396 e. The fraction of sp³-hybridized carbons (Fsp3) is 1.00. The molecule has 0 aromatic carbocycles. The molecule has 0 saturated carbocycles. The van der Waals surface area contributed by atoms with Crippen molar-refractivity contribution in [2.45, 2.75) is 25.7 Å². The third-order valence-electron chi connectivity index (χ3n) is 4.37. The van der Waals surface area contributed by atoms with Crippen LogP contribution in [0, 0.1) is 11.8 Å². The van der Waals surface area contributed by atoms with Gasteiger partial charge < -0.3 is 9.84 Å². The van der Waals surface area contributed by atoms with Crippen molar-refractivity contribution in [1.82, 2.24) is 8.61 Å². The van der Waals surface area contributed by atoms with Gasteiger partial charge >= 0.3 is 0 Å². The van der Waals surface area contributed by atoms with Crippen LogP contribution in [-0.4, -0.2) is 68.6 Å². The smallest absolute Gasteiger partial charge is 0.281 e. The lowest BCUT2D eigenvalue weighted by molar-refractivity contribution is 0.117. The van der Waals surface area contributed by atoms with Gasteiger partial charge in [-0.15, -0.1) is 0 Å². The highest BCUT2D eigenvalue weighted by Gasteiger charge is 2.35. The standard InChI is InChI=1S/C13H26N2O4S/c1-19-11-12-4-7-14(8-5-12)20(17,18)15-6-2-3-13(9-15)10-16/h12-13,16H,2-11H2,1H3. The van der Waals surface area contributed by atoms with E-state index < -0.39 is 10.2 Å². The van der Waals surface area contributed by atoms with E-state index in [4.69, 9.17) is 4.74 Å². The van der Waals surface area contributed by atoms with E-state index in [0.29, 0.717) is 38.7 Å². The lowest BCUT2D eigenvalue weighted by atomic mass is 9.99. The zero-order valence-corrected chi connectivity index (χ0v) is 13.0. The molecule has 2 rings (SSSR count). The Labute approximate surface area is 121 Å². The largest absolute Gasteiger partial charge is 0.396 e. The van der Waals surface area contributed by atoms with E-state index in [1.807, 2.05) is 0 Å². The summed E-state index contributed by atoms with van der Waals surface area (Å²) in [4.78, 5) is 0. The first kappa shape index (κ1) is 16.2. The van der Waals surface area contributed by atoms with Gasteiger partial charge in [0.05, 0.1) is 0 Å². The summed E-state index contributed by atoms with van der Waals surface area (Å²) in [6.07, 6.45) is 3.48. The summed E-state index contributed by atoms with van der Waals surface area (Å²) >= 11 is 0. The number of hydrogen-bond donors (Lipinski definition) is 1. The van der Waals surface area contributed by atoms with Crippen LogP contribution in [0.15, 0.2) is 0 Å². The molecular formula is C13H26N2O4S. The number of methoxy groups -OCH3 is 1. The minimum atomic E-state index is -3.35. The second-order valence-corrected chi connectivity index (χ2v) is 7.78. The third kappa shape index (κ3) is 3.71. The molecular weight excluding hydrogens is 280 g/mol. The maximum Gasteiger partial charge on any atom is 0.281 e. The lowest BCUT2D eigenvalue weighted by Gasteiger charge is -2.37. The highest BCUT2D eigenvalue weighted by molar-refractivity contribution is 7.86. The molecule has 2 aliphatic rings. The van der Waals surface area contributed by atoms with Crippen molar-refractivity contribution in [1.29, 1.82) is 0 Å². The number of piperidine rings is 2. The summed E-state index contributed by atoms with van der Waals surface area (Å²) in [6, 6.07) is 0. The first-order chi connectivity index (χ1) is 9.57. The van der Waals surface area contributed by atoms with Crippen LogP contribution >= 0.6 is 0 Å². The van der Waals surface area contributed by atoms with Gasteiger partial charge in [0.2, 0.25) is 0 Å². The van der Waals surface area contributed by atoms with Gasteiger partial charge in [0.25, 0.3) is 10.2 Å². The van der Waals surface area contributed by atoms with Gasteiger partial charge in [-0.1, -0.05) is 0 Å². The van der Waals surface area contributed by atoms with Crippen molar-refractivity contribution >= 4 is 10.2 Å². The van der Waals surface area contributed by atoms with E-state index in [-0.39, 0.29) is 12.5 Å². The Hall–Kier alpha value is -0.210. The molecule has 6 nitrogen and oxygen atoms in total. The van der Waals surface area contributed by atoms with Gasteiger partial charge in [-0.25, -0.2) is 0 Å². The van der Waals surface area contributed by atoms with Crippen molar-refractivity contribution in [3.8, 4) is 0 Å². The van der Waals surface area contributed by atoms with Gasteiger partial charge in [0.15, 0.2) is 0 Å². The Bertz CT molecular complexity index is 393. The molecule has 1 atom stereocenters. The maximum absolute atomic E-state index is 12.6. The maximum atomic E-state index is 12.6. The summed E-state index contributed by atoms with van der Waals surface area (Å²) < 4.78 is 33.5. The van der Waals surface area contributed by atoms with Gasteiger partial charge in [0.1, 0.15) is 0 Å². The van der Waals surface area contributed by atoms with Crippen LogP contribution in [0.2, 0.25) is 0 Å². The molecule has 2 aliphatic heterocycles. The zero-order valence-electron chi connectivity index (χ0n) is 12.2. The van der Waals surface area contributed by atoms with Crippen LogP contribution in [0.3, 0.4) is 0 Å². The van der Waals surface area contributed by atoms with E-state index in [1.54, 1.807) is 15.7 Å². The first-order valence-corrected chi connectivity index (χ1v) is 8.82. The van der Waals surface area contributed by atoms with Gasteiger partial charge in [-0.2, -0.15) is 17.0 Å². The first-order valence-electron chi connectivity index (χ1n) is 7.43. The predicted octanol–water partition coefficient (Wildman–Crippen LogP) is 0.294. The summed E-state index contributed by atoms with van der Waals surface area (Å²) in [6.45, 7) is 2.98. The highest BCUT2D eigenvalue weighted by Crippen LogP contribution is 2.25. The van der Waals surface area contributed by atoms with Crippen LogP contribution in [0.25, 0.3) is 0 Å². The fourth-order valence-electron chi connectivity index (χ4n) is 3.09. The average molecular weight is 306 g/mol. The van der Waals surface area contributed by atoms with Gasteiger partial charge in [-0.3, -0.25) is 0 Å². The molecule has 2 fully saturated rings. The second kappa shape index (κ2) is 7.17. The number of ether oxygens (including phenoxy) is 1. The Morgan fingerprint density at radius 3 is 2.40 bits per heavy atom. The quantitative estimate of drug-likeness (QED) is 0.793. The number of rotatable bonds is 5. The SMILES string of the molecule is COCC1CCN(S(=O)(=O)N2CCCC(CO)C2)CC1.